The van der Waals surface area contributed by atoms with E-state index < -0.39 is 6.10 Å². The van der Waals surface area contributed by atoms with Gasteiger partial charge in [0.2, 0.25) is 0 Å². The minimum Gasteiger partial charge on any atom is -0.384 e. The number of rotatable bonds is 2. The summed E-state index contributed by atoms with van der Waals surface area (Å²) in [6.45, 7) is 1.97. The van der Waals surface area contributed by atoms with E-state index in [-0.39, 0.29) is 5.82 Å². The number of aliphatic hydroxyl groups excluding tert-OH is 1. The number of aliphatic hydroxyl groups is 1. The van der Waals surface area contributed by atoms with E-state index in [0.29, 0.717) is 5.56 Å². The molecule has 2 aromatic carbocycles. The van der Waals surface area contributed by atoms with Crippen molar-refractivity contribution >= 4 is 15.9 Å². The standard InChI is InChI=1S/C14H12BrFO/c1-9-2-7-13(15)12(8-9)14(17)10-3-5-11(16)6-4-10/h2-8,14,17H,1H3. The Labute approximate surface area is 108 Å². The molecular formula is C14H12BrFO. The van der Waals surface area contributed by atoms with Crippen LogP contribution in [-0.4, -0.2) is 5.11 Å². The summed E-state index contributed by atoms with van der Waals surface area (Å²) in [5.74, 6) is -0.302. The van der Waals surface area contributed by atoms with Gasteiger partial charge in [0.15, 0.2) is 0 Å². The molecule has 0 aliphatic carbocycles. The fourth-order valence-corrected chi connectivity index (χ4v) is 2.16. The van der Waals surface area contributed by atoms with Crippen molar-refractivity contribution in [3.05, 3.63) is 69.4 Å². The van der Waals surface area contributed by atoms with Gasteiger partial charge in [-0.25, -0.2) is 4.39 Å². The Balaban J connectivity index is 2.39. The molecule has 0 bridgehead atoms. The molecule has 0 heterocycles. The summed E-state index contributed by atoms with van der Waals surface area (Å²) in [6, 6.07) is 11.7. The first-order valence-electron chi connectivity index (χ1n) is 5.27. The first kappa shape index (κ1) is 12.3. The van der Waals surface area contributed by atoms with E-state index in [4.69, 9.17) is 0 Å². The van der Waals surface area contributed by atoms with E-state index in [1.807, 2.05) is 25.1 Å². The van der Waals surface area contributed by atoms with E-state index >= 15 is 0 Å². The SMILES string of the molecule is Cc1ccc(Br)c(C(O)c2ccc(F)cc2)c1. The zero-order valence-electron chi connectivity index (χ0n) is 9.32. The molecule has 0 amide bonds. The molecule has 2 rings (SSSR count). The van der Waals surface area contributed by atoms with Gasteiger partial charge in [-0.2, -0.15) is 0 Å². The van der Waals surface area contributed by atoms with Crippen LogP contribution < -0.4 is 0 Å². The van der Waals surface area contributed by atoms with E-state index in [2.05, 4.69) is 15.9 Å². The first-order chi connectivity index (χ1) is 8.08. The highest BCUT2D eigenvalue weighted by molar-refractivity contribution is 9.10. The molecule has 0 aliphatic heterocycles. The summed E-state index contributed by atoms with van der Waals surface area (Å²) in [5, 5.41) is 10.2. The van der Waals surface area contributed by atoms with Crippen molar-refractivity contribution in [2.45, 2.75) is 13.0 Å². The number of hydrogen-bond acceptors (Lipinski definition) is 1. The van der Waals surface area contributed by atoms with Gasteiger partial charge in [0, 0.05) is 4.47 Å². The molecule has 88 valence electrons. The summed E-state index contributed by atoms with van der Waals surface area (Å²) in [6.07, 6.45) is -0.745. The largest absolute Gasteiger partial charge is 0.384 e. The number of halogens is 2. The van der Waals surface area contributed by atoms with Crippen molar-refractivity contribution in [3.8, 4) is 0 Å². The zero-order valence-corrected chi connectivity index (χ0v) is 10.9. The monoisotopic (exact) mass is 294 g/mol. The van der Waals surface area contributed by atoms with Crippen molar-refractivity contribution in [1.82, 2.24) is 0 Å². The molecule has 0 radical (unpaired) electrons. The van der Waals surface area contributed by atoms with Gasteiger partial charge < -0.3 is 5.11 Å². The summed E-state index contributed by atoms with van der Waals surface area (Å²) in [5.41, 5.74) is 2.54. The lowest BCUT2D eigenvalue weighted by atomic mass is 10.00. The Hall–Kier alpha value is -1.19. The Morgan fingerprint density at radius 1 is 1.12 bits per heavy atom. The molecule has 1 nitrogen and oxygen atoms in total. The number of benzene rings is 2. The fourth-order valence-electron chi connectivity index (χ4n) is 1.70. The molecule has 1 unspecified atom stereocenters. The maximum absolute atomic E-state index is 12.8. The molecule has 0 saturated carbocycles. The first-order valence-corrected chi connectivity index (χ1v) is 6.07. The molecule has 0 aromatic heterocycles. The van der Waals surface area contributed by atoms with Crippen LogP contribution in [0.1, 0.15) is 22.8 Å². The third-order valence-electron chi connectivity index (χ3n) is 2.63. The summed E-state index contributed by atoms with van der Waals surface area (Å²) < 4.78 is 13.7. The van der Waals surface area contributed by atoms with Crippen molar-refractivity contribution < 1.29 is 9.50 Å². The number of aryl methyl sites for hydroxylation is 1. The lowest BCUT2D eigenvalue weighted by molar-refractivity contribution is 0.219. The third-order valence-corrected chi connectivity index (χ3v) is 3.35. The van der Waals surface area contributed by atoms with Gasteiger partial charge in [-0.3, -0.25) is 0 Å². The highest BCUT2D eigenvalue weighted by atomic mass is 79.9. The normalized spacial score (nSPS) is 12.5. The second-order valence-electron chi connectivity index (χ2n) is 3.98. The van der Waals surface area contributed by atoms with Crippen LogP contribution in [0.4, 0.5) is 4.39 Å². The molecule has 0 spiro atoms. The molecular weight excluding hydrogens is 283 g/mol. The van der Waals surface area contributed by atoms with Gasteiger partial charge in [-0.15, -0.1) is 0 Å². The summed E-state index contributed by atoms with van der Waals surface area (Å²) >= 11 is 3.41. The zero-order chi connectivity index (χ0) is 12.4. The molecule has 3 heteroatoms. The van der Waals surface area contributed by atoms with Crippen molar-refractivity contribution in [2.75, 3.05) is 0 Å². The Morgan fingerprint density at radius 3 is 2.41 bits per heavy atom. The van der Waals surface area contributed by atoms with Gasteiger partial charge in [0.05, 0.1) is 0 Å². The van der Waals surface area contributed by atoms with Crippen LogP contribution in [0.2, 0.25) is 0 Å². The van der Waals surface area contributed by atoms with E-state index in [1.54, 1.807) is 12.1 Å². The smallest absolute Gasteiger partial charge is 0.123 e. The second-order valence-corrected chi connectivity index (χ2v) is 4.83. The molecule has 1 N–H and O–H groups in total. The Bertz CT molecular complexity index is 522. The van der Waals surface area contributed by atoms with Gasteiger partial charge in [0.25, 0.3) is 0 Å². The maximum Gasteiger partial charge on any atom is 0.123 e. The van der Waals surface area contributed by atoms with E-state index in [9.17, 15) is 9.50 Å². The molecule has 0 aliphatic rings. The van der Waals surface area contributed by atoms with Crippen LogP contribution in [-0.2, 0) is 0 Å². The van der Waals surface area contributed by atoms with Crippen molar-refractivity contribution in [1.29, 1.82) is 0 Å². The fraction of sp³-hybridized carbons (Fsp3) is 0.143. The quantitative estimate of drug-likeness (QED) is 0.888. The highest BCUT2D eigenvalue weighted by Crippen LogP contribution is 2.29. The van der Waals surface area contributed by atoms with Gasteiger partial charge >= 0.3 is 0 Å². The lowest BCUT2D eigenvalue weighted by Crippen LogP contribution is -2.01. The van der Waals surface area contributed by atoms with Crippen molar-refractivity contribution in [3.63, 3.8) is 0 Å². The molecule has 0 saturated heterocycles. The molecule has 2 aromatic rings. The lowest BCUT2D eigenvalue weighted by Gasteiger charge is -2.14. The third kappa shape index (κ3) is 2.73. The second kappa shape index (κ2) is 4.98. The van der Waals surface area contributed by atoms with Gasteiger partial charge in [-0.05, 0) is 36.2 Å². The molecule has 17 heavy (non-hydrogen) atoms. The number of hydrogen-bond donors (Lipinski definition) is 1. The Kier molecular flexibility index (Phi) is 3.60. The van der Waals surface area contributed by atoms with Crippen molar-refractivity contribution in [2.24, 2.45) is 0 Å². The highest BCUT2D eigenvalue weighted by Gasteiger charge is 2.13. The van der Waals surface area contributed by atoms with Crippen LogP contribution >= 0.6 is 15.9 Å². The van der Waals surface area contributed by atoms with Crippen LogP contribution in [0, 0.1) is 12.7 Å². The van der Waals surface area contributed by atoms with Crippen LogP contribution in [0.25, 0.3) is 0 Å². The molecule has 0 fully saturated rings. The average molecular weight is 295 g/mol. The van der Waals surface area contributed by atoms with E-state index in [0.717, 1.165) is 15.6 Å². The van der Waals surface area contributed by atoms with Gasteiger partial charge in [-0.1, -0.05) is 45.8 Å². The summed E-state index contributed by atoms with van der Waals surface area (Å²) in [4.78, 5) is 0. The molecule has 1 atom stereocenters. The summed E-state index contributed by atoms with van der Waals surface area (Å²) in [7, 11) is 0. The van der Waals surface area contributed by atoms with E-state index in [1.165, 1.54) is 12.1 Å². The van der Waals surface area contributed by atoms with Crippen LogP contribution in [0.15, 0.2) is 46.9 Å². The topological polar surface area (TPSA) is 20.2 Å². The predicted molar refractivity (Wildman–Crippen MR) is 69.3 cm³/mol. The average Bonchev–Trinajstić information content (AvgIpc) is 2.32. The Morgan fingerprint density at radius 2 is 1.76 bits per heavy atom. The van der Waals surface area contributed by atoms with Gasteiger partial charge in [0.1, 0.15) is 11.9 Å². The maximum atomic E-state index is 12.8. The minimum atomic E-state index is -0.745. The minimum absolute atomic E-state index is 0.302. The predicted octanol–water partition coefficient (Wildman–Crippen LogP) is 3.98. The van der Waals surface area contributed by atoms with Crippen LogP contribution in [0.5, 0.6) is 0 Å². The van der Waals surface area contributed by atoms with Crippen LogP contribution in [0.3, 0.4) is 0 Å².